The molecule has 112 valence electrons. The molecule has 0 heterocycles. The SMILES string of the molecule is CC1CCCC(OC(C)C(=O)Nc2ccc(C#N)cc2)C1. The Morgan fingerprint density at radius 3 is 2.71 bits per heavy atom. The Bertz CT molecular complexity index is 519. The summed E-state index contributed by atoms with van der Waals surface area (Å²) in [6, 6.07) is 8.88. The largest absolute Gasteiger partial charge is 0.365 e. The predicted octanol–water partition coefficient (Wildman–Crippen LogP) is 3.48. The van der Waals surface area contributed by atoms with E-state index >= 15 is 0 Å². The Hall–Kier alpha value is -1.86. The first-order chi connectivity index (χ1) is 10.1. The average molecular weight is 286 g/mol. The van der Waals surface area contributed by atoms with Gasteiger partial charge in [0.15, 0.2) is 0 Å². The Balaban J connectivity index is 1.85. The maximum atomic E-state index is 12.1. The van der Waals surface area contributed by atoms with Crippen LogP contribution in [-0.2, 0) is 9.53 Å². The van der Waals surface area contributed by atoms with Crippen LogP contribution < -0.4 is 5.32 Å². The maximum absolute atomic E-state index is 12.1. The fraction of sp³-hybridized carbons (Fsp3) is 0.529. The van der Waals surface area contributed by atoms with Crippen LogP contribution >= 0.6 is 0 Å². The molecule has 0 aliphatic heterocycles. The van der Waals surface area contributed by atoms with Crippen LogP contribution in [0.4, 0.5) is 5.69 Å². The fourth-order valence-electron chi connectivity index (χ4n) is 2.72. The number of amides is 1. The van der Waals surface area contributed by atoms with Crippen LogP contribution in [0.3, 0.4) is 0 Å². The molecule has 1 fully saturated rings. The highest BCUT2D eigenvalue weighted by atomic mass is 16.5. The summed E-state index contributed by atoms with van der Waals surface area (Å²) in [7, 11) is 0. The molecule has 21 heavy (non-hydrogen) atoms. The highest BCUT2D eigenvalue weighted by molar-refractivity contribution is 5.93. The number of benzene rings is 1. The zero-order valence-corrected chi connectivity index (χ0v) is 12.6. The fourth-order valence-corrected chi connectivity index (χ4v) is 2.72. The van der Waals surface area contributed by atoms with Crippen LogP contribution in [0.15, 0.2) is 24.3 Å². The van der Waals surface area contributed by atoms with Gasteiger partial charge >= 0.3 is 0 Å². The summed E-state index contributed by atoms with van der Waals surface area (Å²) in [6.07, 6.45) is 4.24. The van der Waals surface area contributed by atoms with Crippen molar-refractivity contribution in [3.63, 3.8) is 0 Å². The van der Waals surface area contributed by atoms with Crippen LogP contribution in [0, 0.1) is 17.2 Å². The molecule has 1 N–H and O–H groups in total. The zero-order chi connectivity index (χ0) is 15.2. The molecule has 0 radical (unpaired) electrons. The van der Waals surface area contributed by atoms with Crippen LogP contribution in [0.1, 0.15) is 45.1 Å². The molecule has 4 heteroatoms. The van der Waals surface area contributed by atoms with Gasteiger partial charge in [0.2, 0.25) is 0 Å². The summed E-state index contributed by atoms with van der Waals surface area (Å²) in [6.45, 7) is 4.02. The third kappa shape index (κ3) is 4.57. The van der Waals surface area contributed by atoms with Gasteiger partial charge in [-0.2, -0.15) is 5.26 Å². The number of nitrogens with one attached hydrogen (secondary N) is 1. The van der Waals surface area contributed by atoms with Gasteiger partial charge in [-0.3, -0.25) is 4.79 Å². The Kier molecular flexibility index (Phi) is 5.35. The van der Waals surface area contributed by atoms with Crippen molar-refractivity contribution in [1.82, 2.24) is 0 Å². The summed E-state index contributed by atoms with van der Waals surface area (Å²) in [5.41, 5.74) is 1.26. The third-order valence-electron chi connectivity index (χ3n) is 3.94. The van der Waals surface area contributed by atoms with Gasteiger partial charge in [0, 0.05) is 5.69 Å². The third-order valence-corrected chi connectivity index (χ3v) is 3.94. The summed E-state index contributed by atoms with van der Waals surface area (Å²) in [5, 5.41) is 11.6. The molecule has 3 unspecified atom stereocenters. The number of rotatable bonds is 4. The van der Waals surface area contributed by atoms with Crippen LogP contribution in [0.2, 0.25) is 0 Å². The van der Waals surface area contributed by atoms with Crippen LogP contribution in [0.5, 0.6) is 0 Å². The van der Waals surface area contributed by atoms with Crippen molar-refractivity contribution in [3.05, 3.63) is 29.8 Å². The van der Waals surface area contributed by atoms with E-state index in [2.05, 4.69) is 18.3 Å². The van der Waals surface area contributed by atoms with Gasteiger partial charge in [0.05, 0.1) is 17.7 Å². The lowest BCUT2D eigenvalue weighted by Gasteiger charge is -2.28. The van der Waals surface area contributed by atoms with Gasteiger partial charge in [-0.15, -0.1) is 0 Å². The summed E-state index contributed by atoms with van der Waals surface area (Å²) >= 11 is 0. The standard InChI is InChI=1S/C17H22N2O2/c1-12-4-3-5-16(10-12)21-13(2)17(20)19-15-8-6-14(11-18)7-9-15/h6-9,12-13,16H,3-5,10H2,1-2H3,(H,19,20). The van der Waals surface area contributed by atoms with Gasteiger partial charge in [0.1, 0.15) is 6.10 Å². The number of nitriles is 1. The topological polar surface area (TPSA) is 62.1 Å². The Labute approximate surface area is 126 Å². The molecule has 3 atom stereocenters. The summed E-state index contributed by atoms with van der Waals surface area (Å²) in [4.78, 5) is 12.1. The van der Waals surface area contributed by atoms with Crippen molar-refractivity contribution in [3.8, 4) is 6.07 Å². The average Bonchev–Trinajstić information content (AvgIpc) is 2.48. The minimum absolute atomic E-state index is 0.141. The molecular weight excluding hydrogens is 264 g/mol. The smallest absolute Gasteiger partial charge is 0.253 e. The van der Waals surface area contributed by atoms with Gasteiger partial charge < -0.3 is 10.1 Å². The number of ether oxygens (including phenoxy) is 1. The van der Waals surface area contributed by atoms with Crippen molar-refractivity contribution >= 4 is 11.6 Å². The summed E-state index contributed by atoms with van der Waals surface area (Å²) in [5.74, 6) is 0.537. The normalized spacial score (nSPS) is 23.1. The molecule has 1 aromatic carbocycles. The number of hydrogen-bond acceptors (Lipinski definition) is 3. The first kappa shape index (κ1) is 15.5. The molecule has 1 aromatic rings. The molecule has 0 bridgehead atoms. The van der Waals surface area contributed by atoms with Crippen molar-refractivity contribution in [2.24, 2.45) is 5.92 Å². The predicted molar refractivity (Wildman–Crippen MR) is 81.8 cm³/mol. The highest BCUT2D eigenvalue weighted by Crippen LogP contribution is 2.26. The molecular formula is C17H22N2O2. The monoisotopic (exact) mass is 286 g/mol. The molecule has 0 spiro atoms. The van der Waals surface area contributed by atoms with E-state index in [0.717, 1.165) is 12.8 Å². The van der Waals surface area contributed by atoms with E-state index in [0.29, 0.717) is 17.2 Å². The van der Waals surface area contributed by atoms with Crippen molar-refractivity contribution < 1.29 is 9.53 Å². The quantitative estimate of drug-likeness (QED) is 0.921. The molecule has 1 aliphatic carbocycles. The summed E-state index contributed by atoms with van der Waals surface area (Å²) < 4.78 is 5.88. The van der Waals surface area contributed by atoms with E-state index in [4.69, 9.17) is 10.00 Å². The maximum Gasteiger partial charge on any atom is 0.253 e. The second kappa shape index (κ2) is 7.24. The van der Waals surface area contributed by atoms with Crippen molar-refractivity contribution in [1.29, 1.82) is 5.26 Å². The Morgan fingerprint density at radius 2 is 2.10 bits per heavy atom. The Morgan fingerprint density at radius 1 is 1.38 bits per heavy atom. The minimum Gasteiger partial charge on any atom is -0.365 e. The van der Waals surface area contributed by atoms with E-state index in [1.807, 2.05) is 0 Å². The number of nitrogens with zero attached hydrogens (tertiary/aromatic N) is 1. The lowest BCUT2D eigenvalue weighted by atomic mass is 9.88. The van der Waals surface area contributed by atoms with Gasteiger partial charge in [-0.25, -0.2) is 0 Å². The second-order valence-electron chi connectivity index (χ2n) is 5.85. The zero-order valence-electron chi connectivity index (χ0n) is 12.6. The van der Waals surface area contributed by atoms with E-state index in [1.54, 1.807) is 31.2 Å². The van der Waals surface area contributed by atoms with E-state index in [1.165, 1.54) is 12.8 Å². The van der Waals surface area contributed by atoms with Gasteiger partial charge in [0.25, 0.3) is 5.91 Å². The highest BCUT2D eigenvalue weighted by Gasteiger charge is 2.24. The van der Waals surface area contributed by atoms with Gasteiger partial charge in [-0.1, -0.05) is 19.8 Å². The number of hydrogen-bond donors (Lipinski definition) is 1. The minimum atomic E-state index is -0.462. The first-order valence-corrected chi connectivity index (χ1v) is 7.55. The lowest BCUT2D eigenvalue weighted by Crippen LogP contribution is -2.33. The van der Waals surface area contributed by atoms with E-state index < -0.39 is 6.10 Å². The molecule has 2 rings (SSSR count). The molecule has 1 aliphatic rings. The van der Waals surface area contributed by atoms with Crippen LogP contribution in [-0.4, -0.2) is 18.1 Å². The van der Waals surface area contributed by atoms with Gasteiger partial charge in [-0.05, 0) is 49.9 Å². The van der Waals surface area contributed by atoms with E-state index in [-0.39, 0.29) is 12.0 Å². The molecule has 4 nitrogen and oxygen atoms in total. The number of carbonyl (C=O) groups is 1. The second-order valence-corrected chi connectivity index (χ2v) is 5.85. The van der Waals surface area contributed by atoms with Crippen LogP contribution in [0.25, 0.3) is 0 Å². The number of carbonyl (C=O) groups excluding carboxylic acids is 1. The van der Waals surface area contributed by atoms with Crippen molar-refractivity contribution in [2.75, 3.05) is 5.32 Å². The first-order valence-electron chi connectivity index (χ1n) is 7.55. The number of anilines is 1. The molecule has 1 amide bonds. The molecule has 0 saturated heterocycles. The van der Waals surface area contributed by atoms with E-state index in [9.17, 15) is 4.79 Å². The van der Waals surface area contributed by atoms with Crippen molar-refractivity contribution in [2.45, 2.75) is 51.7 Å². The molecule has 0 aromatic heterocycles. The lowest BCUT2D eigenvalue weighted by molar-refractivity contribution is -0.131. The molecule has 1 saturated carbocycles.